The Kier molecular flexibility index (Phi) is 6.46. The zero-order chi connectivity index (χ0) is 21.0. The van der Waals surface area contributed by atoms with Crippen LogP contribution in [0.2, 0.25) is 5.02 Å². The van der Waals surface area contributed by atoms with Gasteiger partial charge in [-0.3, -0.25) is 9.59 Å². The molecule has 0 atom stereocenters. The average Bonchev–Trinajstić information content (AvgIpc) is 3.03. The summed E-state index contributed by atoms with van der Waals surface area (Å²) in [6.45, 7) is 1.82. The van der Waals surface area contributed by atoms with Crippen molar-refractivity contribution in [2.24, 2.45) is 4.99 Å². The van der Waals surface area contributed by atoms with Crippen LogP contribution in [0.25, 0.3) is 10.2 Å². The molecule has 7 nitrogen and oxygen atoms in total. The van der Waals surface area contributed by atoms with E-state index in [9.17, 15) is 14.4 Å². The van der Waals surface area contributed by atoms with Gasteiger partial charge in [-0.1, -0.05) is 35.1 Å². The van der Waals surface area contributed by atoms with Crippen LogP contribution >= 0.6 is 22.9 Å². The van der Waals surface area contributed by atoms with Gasteiger partial charge in [0.15, 0.2) is 4.80 Å². The number of carbonyl (C=O) groups excluding carboxylic acids is 3. The van der Waals surface area contributed by atoms with Crippen molar-refractivity contribution in [3.05, 3.63) is 63.4 Å². The summed E-state index contributed by atoms with van der Waals surface area (Å²) in [5, 5.41) is 0.285. The highest BCUT2D eigenvalue weighted by Gasteiger charge is 2.16. The van der Waals surface area contributed by atoms with E-state index in [4.69, 9.17) is 21.1 Å². The largest absolute Gasteiger partial charge is 0.465 e. The second-order valence-electron chi connectivity index (χ2n) is 5.85. The molecule has 1 aromatic heterocycles. The average molecular weight is 433 g/mol. The second-order valence-corrected chi connectivity index (χ2v) is 7.26. The molecule has 0 saturated carbocycles. The van der Waals surface area contributed by atoms with Gasteiger partial charge in [0.2, 0.25) is 0 Å². The minimum atomic E-state index is -0.534. The maximum absolute atomic E-state index is 12.6. The van der Waals surface area contributed by atoms with Gasteiger partial charge in [-0.05, 0) is 37.3 Å². The Morgan fingerprint density at radius 3 is 2.62 bits per heavy atom. The smallest absolute Gasteiger partial charge is 0.337 e. The standard InChI is InChI=1S/C20H17ClN2O5S/c1-3-28-17(24)11-23-15-9-8-12(19(26)27-2)10-16(15)29-20(23)22-18(25)13-6-4-5-7-14(13)21/h4-10H,3,11H2,1-2H3. The lowest BCUT2D eigenvalue weighted by Crippen LogP contribution is -2.23. The fraction of sp³-hybridized carbons (Fsp3) is 0.200. The van der Waals surface area contributed by atoms with Gasteiger partial charge in [-0.25, -0.2) is 4.79 Å². The molecule has 0 spiro atoms. The van der Waals surface area contributed by atoms with Gasteiger partial charge >= 0.3 is 11.9 Å². The maximum atomic E-state index is 12.6. The zero-order valence-corrected chi connectivity index (χ0v) is 17.2. The minimum Gasteiger partial charge on any atom is -0.465 e. The molecule has 29 heavy (non-hydrogen) atoms. The fourth-order valence-corrected chi connectivity index (χ4v) is 3.96. The van der Waals surface area contributed by atoms with Gasteiger partial charge in [0.05, 0.1) is 40.1 Å². The number of fused-ring (bicyclic) bond motifs is 1. The number of hydrogen-bond acceptors (Lipinski definition) is 6. The summed E-state index contributed by atoms with van der Waals surface area (Å²) in [6, 6.07) is 11.5. The van der Waals surface area contributed by atoms with Gasteiger partial charge in [-0.2, -0.15) is 4.99 Å². The lowest BCUT2D eigenvalue weighted by Gasteiger charge is -2.06. The van der Waals surface area contributed by atoms with E-state index in [2.05, 4.69) is 4.99 Å². The quantitative estimate of drug-likeness (QED) is 0.576. The molecule has 1 heterocycles. The Hall–Kier alpha value is -2.97. The number of amides is 1. The molecule has 2 aromatic carbocycles. The Bertz CT molecular complexity index is 1170. The summed E-state index contributed by atoms with van der Waals surface area (Å²) in [7, 11) is 1.30. The van der Waals surface area contributed by atoms with Crippen LogP contribution in [0.1, 0.15) is 27.6 Å². The van der Waals surface area contributed by atoms with Gasteiger partial charge in [0.1, 0.15) is 6.54 Å². The van der Waals surface area contributed by atoms with E-state index < -0.39 is 17.8 Å². The van der Waals surface area contributed by atoms with E-state index in [-0.39, 0.29) is 23.7 Å². The molecule has 0 fully saturated rings. The first-order valence-electron chi connectivity index (χ1n) is 8.65. The molecule has 0 N–H and O–H groups in total. The van der Waals surface area contributed by atoms with Crippen molar-refractivity contribution in [2.45, 2.75) is 13.5 Å². The SMILES string of the molecule is CCOC(=O)Cn1c(=NC(=O)c2ccccc2Cl)sc2cc(C(=O)OC)ccc21. The van der Waals surface area contributed by atoms with E-state index in [0.29, 0.717) is 20.6 Å². The number of thiazole rings is 1. The van der Waals surface area contributed by atoms with Gasteiger partial charge < -0.3 is 14.0 Å². The summed E-state index contributed by atoms with van der Waals surface area (Å²) in [5.74, 6) is -1.48. The first-order chi connectivity index (χ1) is 13.9. The van der Waals surface area contributed by atoms with E-state index in [0.717, 1.165) is 0 Å². The molecule has 3 rings (SSSR count). The lowest BCUT2D eigenvalue weighted by atomic mass is 10.2. The summed E-state index contributed by atoms with van der Waals surface area (Å²) in [4.78, 5) is 41.0. The summed E-state index contributed by atoms with van der Waals surface area (Å²) < 4.78 is 12.0. The molecular weight excluding hydrogens is 416 g/mol. The molecular formula is C20H17ClN2O5S. The molecule has 0 bridgehead atoms. The number of carbonyl (C=O) groups is 3. The molecule has 9 heteroatoms. The summed E-state index contributed by atoms with van der Waals surface area (Å²) in [6.07, 6.45) is 0. The highest BCUT2D eigenvalue weighted by atomic mass is 35.5. The lowest BCUT2D eigenvalue weighted by molar-refractivity contribution is -0.143. The Balaban J connectivity index is 2.15. The Labute approximate surface area is 175 Å². The Morgan fingerprint density at radius 1 is 1.17 bits per heavy atom. The molecule has 3 aromatic rings. The van der Waals surface area contributed by atoms with Crippen LogP contribution in [0.5, 0.6) is 0 Å². The van der Waals surface area contributed by atoms with Gasteiger partial charge in [0, 0.05) is 0 Å². The molecule has 0 radical (unpaired) electrons. The van der Waals surface area contributed by atoms with Crippen molar-refractivity contribution in [1.82, 2.24) is 4.57 Å². The van der Waals surface area contributed by atoms with Crippen molar-refractivity contribution in [3.8, 4) is 0 Å². The Morgan fingerprint density at radius 2 is 1.93 bits per heavy atom. The molecule has 0 aliphatic carbocycles. The van der Waals surface area contributed by atoms with E-state index in [1.54, 1.807) is 54.0 Å². The molecule has 0 unspecified atom stereocenters. The maximum Gasteiger partial charge on any atom is 0.337 e. The summed E-state index contributed by atoms with van der Waals surface area (Å²) in [5.41, 5.74) is 1.25. The monoisotopic (exact) mass is 432 g/mol. The van der Waals surface area contributed by atoms with Crippen LogP contribution in [0.4, 0.5) is 0 Å². The minimum absolute atomic E-state index is 0.125. The number of aromatic nitrogens is 1. The third-order valence-electron chi connectivity index (χ3n) is 4.00. The third kappa shape index (κ3) is 4.55. The molecule has 0 aliphatic rings. The number of nitrogens with zero attached hydrogens (tertiary/aromatic N) is 2. The fourth-order valence-electron chi connectivity index (χ4n) is 2.67. The van der Waals surface area contributed by atoms with Crippen molar-refractivity contribution in [2.75, 3.05) is 13.7 Å². The topological polar surface area (TPSA) is 87.0 Å². The molecule has 1 amide bonds. The molecule has 0 aliphatic heterocycles. The van der Waals surface area contributed by atoms with Crippen LogP contribution in [0.3, 0.4) is 0 Å². The van der Waals surface area contributed by atoms with Crippen LogP contribution in [0.15, 0.2) is 47.5 Å². The number of rotatable bonds is 5. The number of methoxy groups -OCH3 is 1. The van der Waals surface area contributed by atoms with Crippen molar-refractivity contribution in [1.29, 1.82) is 0 Å². The second kappa shape index (κ2) is 9.02. The zero-order valence-electron chi connectivity index (χ0n) is 15.7. The van der Waals surface area contributed by atoms with E-state index in [1.807, 2.05) is 0 Å². The number of hydrogen-bond donors (Lipinski definition) is 0. The normalized spacial score (nSPS) is 11.5. The molecule has 0 saturated heterocycles. The summed E-state index contributed by atoms with van der Waals surface area (Å²) >= 11 is 7.26. The van der Waals surface area contributed by atoms with Crippen molar-refractivity contribution in [3.63, 3.8) is 0 Å². The first-order valence-corrected chi connectivity index (χ1v) is 9.85. The van der Waals surface area contributed by atoms with Crippen LogP contribution < -0.4 is 4.80 Å². The predicted molar refractivity (Wildman–Crippen MR) is 109 cm³/mol. The van der Waals surface area contributed by atoms with Crippen molar-refractivity contribution < 1.29 is 23.9 Å². The van der Waals surface area contributed by atoms with Gasteiger partial charge in [0.25, 0.3) is 5.91 Å². The number of benzene rings is 2. The predicted octanol–water partition coefficient (Wildman–Crippen LogP) is 3.45. The number of halogens is 1. The highest BCUT2D eigenvalue weighted by molar-refractivity contribution is 7.16. The van der Waals surface area contributed by atoms with Crippen LogP contribution in [0, 0.1) is 0 Å². The first kappa shape index (κ1) is 20.8. The number of esters is 2. The van der Waals surface area contributed by atoms with E-state index in [1.165, 1.54) is 18.4 Å². The van der Waals surface area contributed by atoms with Crippen LogP contribution in [-0.4, -0.2) is 36.1 Å². The number of ether oxygens (including phenoxy) is 2. The van der Waals surface area contributed by atoms with E-state index >= 15 is 0 Å². The highest BCUT2D eigenvalue weighted by Crippen LogP contribution is 2.21. The van der Waals surface area contributed by atoms with Crippen LogP contribution in [-0.2, 0) is 20.8 Å². The third-order valence-corrected chi connectivity index (χ3v) is 5.37. The molecule has 150 valence electrons. The van der Waals surface area contributed by atoms with Crippen molar-refractivity contribution >= 4 is 51.0 Å². The van der Waals surface area contributed by atoms with Gasteiger partial charge in [-0.15, -0.1) is 0 Å².